The van der Waals surface area contributed by atoms with Crippen molar-refractivity contribution >= 4 is 34.6 Å². The molecule has 1 aromatic heterocycles. The van der Waals surface area contributed by atoms with E-state index in [0.29, 0.717) is 26.2 Å². The van der Waals surface area contributed by atoms with Crippen LogP contribution in [0.5, 0.6) is 5.75 Å². The Kier molecular flexibility index (Phi) is 6.43. The number of hydrogen-bond acceptors (Lipinski definition) is 7. The minimum atomic E-state index is -0.499. The second-order valence-corrected chi connectivity index (χ2v) is 8.18. The van der Waals surface area contributed by atoms with E-state index in [0.717, 1.165) is 33.5 Å². The summed E-state index contributed by atoms with van der Waals surface area (Å²) in [4.78, 5) is 27.2. The Bertz CT molecular complexity index is 1100. The van der Waals surface area contributed by atoms with E-state index in [1.54, 1.807) is 7.11 Å². The standard InChI is InChI=1S/C22H25N5O3S/c1-14-9-16(4-6-20(14)30-2)13-27-8-7-23-22(29)19(27)11-21(28)24-12-15-3-5-17-18(10-15)26-31-25-17/h3-6,9-10,19H,7-8,11-13H2,1-2H3,(H,23,29)(H,24,28)/t19-/m0/s1. The molecule has 0 saturated carbocycles. The van der Waals surface area contributed by atoms with Crippen molar-refractivity contribution in [3.8, 4) is 5.75 Å². The lowest BCUT2D eigenvalue weighted by Gasteiger charge is -2.34. The van der Waals surface area contributed by atoms with Gasteiger partial charge in [-0.1, -0.05) is 18.2 Å². The van der Waals surface area contributed by atoms with Crippen LogP contribution in [0.1, 0.15) is 23.1 Å². The van der Waals surface area contributed by atoms with Crippen LogP contribution in [0.25, 0.3) is 11.0 Å². The number of nitrogens with zero attached hydrogens (tertiary/aromatic N) is 3. The average Bonchev–Trinajstić information content (AvgIpc) is 3.23. The van der Waals surface area contributed by atoms with Crippen LogP contribution in [-0.2, 0) is 22.7 Å². The number of fused-ring (bicyclic) bond motifs is 1. The first kappa shape index (κ1) is 21.2. The van der Waals surface area contributed by atoms with Crippen LogP contribution in [0.4, 0.5) is 0 Å². The van der Waals surface area contributed by atoms with Crippen molar-refractivity contribution in [2.45, 2.75) is 32.5 Å². The number of aryl methyl sites for hydroxylation is 1. The van der Waals surface area contributed by atoms with Gasteiger partial charge >= 0.3 is 0 Å². The Morgan fingerprint density at radius 1 is 1.23 bits per heavy atom. The van der Waals surface area contributed by atoms with Crippen molar-refractivity contribution in [3.05, 3.63) is 53.1 Å². The number of carbonyl (C=O) groups excluding carboxylic acids is 2. The first-order valence-corrected chi connectivity index (χ1v) is 10.9. The number of aromatic nitrogens is 2. The first-order chi connectivity index (χ1) is 15.0. The van der Waals surface area contributed by atoms with E-state index in [1.807, 2.05) is 37.3 Å². The zero-order valence-corrected chi connectivity index (χ0v) is 18.4. The monoisotopic (exact) mass is 439 g/mol. The number of benzene rings is 2. The van der Waals surface area contributed by atoms with Gasteiger partial charge in [0.1, 0.15) is 16.8 Å². The fourth-order valence-electron chi connectivity index (χ4n) is 3.83. The van der Waals surface area contributed by atoms with Crippen LogP contribution < -0.4 is 15.4 Å². The smallest absolute Gasteiger partial charge is 0.237 e. The van der Waals surface area contributed by atoms with Gasteiger partial charge in [-0.05, 0) is 41.8 Å². The zero-order chi connectivity index (χ0) is 21.8. The van der Waals surface area contributed by atoms with E-state index < -0.39 is 6.04 Å². The third-order valence-electron chi connectivity index (χ3n) is 5.47. The molecule has 1 aliphatic rings. The Morgan fingerprint density at radius 3 is 2.84 bits per heavy atom. The molecule has 2 aromatic carbocycles. The van der Waals surface area contributed by atoms with E-state index in [-0.39, 0.29) is 18.2 Å². The van der Waals surface area contributed by atoms with Gasteiger partial charge in [0.2, 0.25) is 11.8 Å². The molecule has 1 fully saturated rings. The molecule has 1 saturated heterocycles. The third kappa shape index (κ3) is 5.00. The average molecular weight is 440 g/mol. The van der Waals surface area contributed by atoms with Gasteiger partial charge in [0.15, 0.2) is 0 Å². The normalized spacial score (nSPS) is 16.8. The van der Waals surface area contributed by atoms with E-state index in [1.165, 1.54) is 11.7 Å². The Hall–Kier alpha value is -3.04. The molecule has 0 bridgehead atoms. The summed E-state index contributed by atoms with van der Waals surface area (Å²) in [7, 11) is 1.65. The number of hydrogen-bond donors (Lipinski definition) is 2. The number of piperazine rings is 1. The topological polar surface area (TPSA) is 96.5 Å². The quantitative estimate of drug-likeness (QED) is 0.585. The summed E-state index contributed by atoms with van der Waals surface area (Å²) in [5.41, 5.74) is 4.76. The summed E-state index contributed by atoms with van der Waals surface area (Å²) >= 11 is 1.17. The van der Waals surface area contributed by atoms with Crippen LogP contribution >= 0.6 is 11.7 Å². The number of ether oxygens (including phenoxy) is 1. The molecule has 2 heterocycles. The second kappa shape index (κ2) is 9.40. The van der Waals surface area contributed by atoms with Crippen LogP contribution in [-0.4, -0.2) is 51.7 Å². The number of methoxy groups -OCH3 is 1. The van der Waals surface area contributed by atoms with Crippen molar-refractivity contribution < 1.29 is 14.3 Å². The van der Waals surface area contributed by atoms with Gasteiger partial charge in [0.05, 0.1) is 31.3 Å². The van der Waals surface area contributed by atoms with Crippen LogP contribution in [0.2, 0.25) is 0 Å². The maximum atomic E-state index is 12.6. The number of rotatable bonds is 7. The molecule has 3 aromatic rings. The molecular weight excluding hydrogens is 414 g/mol. The highest BCUT2D eigenvalue weighted by atomic mass is 32.1. The molecule has 0 aliphatic carbocycles. The van der Waals surface area contributed by atoms with Crippen molar-refractivity contribution in [2.75, 3.05) is 20.2 Å². The fourth-order valence-corrected chi connectivity index (χ4v) is 4.35. The molecule has 0 radical (unpaired) electrons. The number of carbonyl (C=O) groups is 2. The van der Waals surface area contributed by atoms with E-state index in [9.17, 15) is 9.59 Å². The Balaban J connectivity index is 1.38. The molecule has 31 heavy (non-hydrogen) atoms. The minimum Gasteiger partial charge on any atom is -0.496 e. The van der Waals surface area contributed by atoms with Crippen LogP contribution in [0, 0.1) is 6.92 Å². The SMILES string of the molecule is COc1ccc(CN2CCNC(=O)[C@@H]2CC(=O)NCc2ccc3nsnc3c2)cc1C. The van der Waals surface area contributed by atoms with Crippen molar-refractivity contribution in [1.29, 1.82) is 0 Å². The van der Waals surface area contributed by atoms with Gasteiger partial charge in [-0.25, -0.2) is 0 Å². The van der Waals surface area contributed by atoms with E-state index >= 15 is 0 Å². The lowest BCUT2D eigenvalue weighted by atomic mass is 10.0. The predicted molar refractivity (Wildman–Crippen MR) is 119 cm³/mol. The first-order valence-electron chi connectivity index (χ1n) is 10.2. The summed E-state index contributed by atoms with van der Waals surface area (Å²) in [5.74, 6) is 0.568. The fraction of sp³-hybridized carbons (Fsp3) is 0.364. The van der Waals surface area contributed by atoms with Crippen molar-refractivity contribution in [3.63, 3.8) is 0 Å². The molecule has 9 heteroatoms. The lowest BCUT2D eigenvalue weighted by Crippen LogP contribution is -2.56. The van der Waals surface area contributed by atoms with Gasteiger partial charge in [0.25, 0.3) is 0 Å². The highest BCUT2D eigenvalue weighted by Crippen LogP contribution is 2.21. The highest BCUT2D eigenvalue weighted by molar-refractivity contribution is 7.00. The summed E-state index contributed by atoms with van der Waals surface area (Å²) in [6.07, 6.45) is 0.113. The molecule has 1 atom stereocenters. The van der Waals surface area contributed by atoms with Crippen molar-refractivity contribution in [2.24, 2.45) is 0 Å². The Labute approximate surface area is 184 Å². The van der Waals surface area contributed by atoms with Crippen LogP contribution in [0.3, 0.4) is 0 Å². The van der Waals surface area contributed by atoms with Gasteiger partial charge in [-0.15, -0.1) is 0 Å². The summed E-state index contributed by atoms with van der Waals surface area (Å²) in [6.45, 7) is 4.26. The summed E-state index contributed by atoms with van der Waals surface area (Å²) in [6, 6.07) is 11.2. The molecule has 0 spiro atoms. The molecule has 1 aliphatic heterocycles. The molecule has 8 nitrogen and oxygen atoms in total. The van der Waals surface area contributed by atoms with Gasteiger partial charge in [0, 0.05) is 26.2 Å². The maximum Gasteiger partial charge on any atom is 0.237 e. The van der Waals surface area contributed by atoms with Crippen molar-refractivity contribution in [1.82, 2.24) is 24.3 Å². The molecular formula is C22H25N5O3S. The highest BCUT2D eigenvalue weighted by Gasteiger charge is 2.31. The van der Waals surface area contributed by atoms with Gasteiger partial charge < -0.3 is 15.4 Å². The minimum absolute atomic E-state index is 0.110. The summed E-state index contributed by atoms with van der Waals surface area (Å²) in [5, 5.41) is 5.80. The molecule has 162 valence electrons. The number of nitrogens with one attached hydrogen (secondary N) is 2. The molecule has 0 unspecified atom stereocenters. The van der Waals surface area contributed by atoms with Gasteiger partial charge in [-0.2, -0.15) is 8.75 Å². The van der Waals surface area contributed by atoms with E-state index in [2.05, 4.69) is 30.3 Å². The molecule has 2 amide bonds. The maximum absolute atomic E-state index is 12.6. The third-order valence-corrected chi connectivity index (χ3v) is 6.03. The van der Waals surface area contributed by atoms with E-state index in [4.69, 9.17) is 4.74 Å². The lowest BCUT2D eigenvalue weighted by molar-refractivity contribution is -0.134. The largest absolute Gasteiger partial charge is 0.496 e. The summed E-state index contributed by atoms with van der Waals surface area (Å²) < 4.78 is 13.7. The van der Waals surface area contributed by atoms with Gasteiger partial charge in [-0.3, -0.25) is 14.5 Å². The second-order valence-electron chi connectivity index (χ2n) is 7.65. The number of amides is 2. The molecule has 4 rings (SSSR count). The van der Waals surface area contributed by atoms with Crippen LogP contribution in [0.15, 0.2) is 36.4 Å². The Morgan fingerprint density at radius 2 is 2.03 bits per heavy atom. The molecule has 2 N–H and O–H groups in total. The zero-order valence-electron chi connectivity index (χ0n) is 17.6. The predicted octanol–water partition coefficient (Wildman–Crippen LogP) is 2.02.